The summed E-state index contributed by atoms with van der Waals surface area (Å²) in [6.45, 7) is 5.46. The monoisotopic (exact) mass is 443 g/mol. The van der Waals surface area contributed by atoms with E-state index in [9.17, 15) is 9.59 Å². The minimum Gasteiger partial charge on any atom is -0.457 e. The number of nitrogens with one attached hydrogen (secondary N) is 1. The maximum absolute atomic E-state index is 12.4. The van der Waals surface area contributed by atoms with E-state index in [0.717, 1.165) is 17.7 Å². The van der Waals surface area contributed by atoms with Crippen molar-refractivity contribution in [2.24, 2.45) is 11.7 Å². The molecular weight excluding hydrogens is 418 g/mol. The second-order valence-corrected chi connectivity index (χ2v) is 8.35. The van der Waals surface area contributed by atoms with Crippen molar-refractivity contribution in [3.05, 3.63) is 72.8 Å². The first-order valence-electron chi connectivity index (χ1n) is 11.0. The highest BCUT2D eigenvalue weighted by molar-refractivity contribution is 6.04. The van der Waals surface area contributed by atoms with Gasteiger partial charge in [0.05, 0.1) is 0 Å². The smallest absolute Gasteiger partial charge is 0.254 e. The maximum atomic E-state index is 12.4. The Morgan fingerprint density at radius 1 is 1.09 bits per heavy atom. The number of likely N-dealkylation sites (tertiary alicyclic amines) is 1. The predicted octanol–water partition coefficient (Wildman–Crippen LogP) is 3.27. The number of nitrogens with two attached hydrogens (primary N) is 1. The zero-order chi connectivity index (χ0) is 22.9. The summed E-state index contributed by atoms with van der Waals surface area (Å²) in [5.41, 5.74) is 7.48. The highest BCUT2D eigenvalue weighted by atomic mass is 16.5. The van der Waals surface area contributed by atoms with Crippen molar-refractivity contribution in [3.63, 3.8) is 0 Å². The number of nitrogens with zero attached hydrogens (tertiary/aromatic N) is 3. The molecule has 1 fully saturated rings. The molecule has 5 rings (SSSR count). The normalized spacial score (nSPS) is 19.1. The van der Waals surface area contributed by atoms with E-state index < -0.39 is 5.91 Å². The van der Waals surface area contributed by atoms with Crippen LogP contribution in [0.25, 0.3) is 11.3 Å². The number of piperidine rings is 1. The second kappa shape index (κ2) is 8.46. The van der Waals surface area contributed by atoms with Crippen molar-refractivity contribution in [3.8, 4) is 22.8 Å². The first kappa shape index (κ1) is 20.8. The molecule has 0 saturated carbocycles. The van der Waals surface area contributed by atoms with Crippen LogP contribution >= 0.6 is 0 Å². The van der Waals surface area contributed by atoms with E-state index >= 15 is 0 Å². The van der Waals surface area contributed by atoms with E-state index in [1.807, 2.05) is 59.5 Å². The summed E-state index contributed by atoms with van der Waals surface area (Å²) in [5, 5.41) is 8.20. The quantitative estimate of drug-likeness (QED) is 0.589. The number of amides is 2. The lowest BCUT2D eigenvalue weighted by atomic mass is 9.90. The molecule has 2 aromatic carbocycles. The average molecular weight is 444 g/mol. The van der Waals surface area contributed by atoms with Gasteiger partial charge in [-0.3, -0.25) is 9.59 Å². The molecule has 33 heavy (non-hydrogen) atoms. The zero-order valence-electron chi connectivity index (χ0n) is 18.1. The van der Waals surface area contributed by atoms with Crippen LogP contribution in [0.1, 0.15) is 16.8 Å². The van der Waals surface area contributed by atoms with Crippen molar-refractivity contribution in [2.45, 2.75) is 19.0 Å². The molecular formula is C25H25N5O3. The predicted molar refractivity (Wildman–Crippen MR) is 125 cm³/mol. The number of anilines is 1. The van der Waals surface area contributed by atoms with Crippen LogP contribution in [0.4, 0.5) is 5.82 Å². The number of rotatable bonds is 5. The van der Waals surface area contributed by atoms with E-state index in [1.54, 1.807) is 4.68 Å². The first-order chi connectivity index (χ1) is 16.0. The molecule has 0 aliphatic carbocycles. The van der Waals surface area contributed by atoms with Gasteiger partial charge in [0.15, 0.2) is 0 Å². The van der Waals surface area contributed by atoms with Gasteiger partial charge in [-0.1, -0.05) is 24.8 Å². The number of fused-ring (bicyclic) bond motifs is 2. The number of aromatic nitrogens is 2. The third-order valence-electron chi connectivity index (χ3n) is 6.26. The number of carbonyl (C=O) groups is 2. The van der Waals surface area contributed by atoms with Gasteiger partial charge in [-0.15, -0.1) is 0 Å². The number of carbonyl (C=O) groups excluding carboxylic acids is 2. The number of hydrogen-bond donors (Lipinski definition) is 2. The van der Waals surface area contributed by atoms with Crippen LogP contribution in [0.2, 0.25) is 0 Å². The van der Waals surface area contributed by atoms with Gasteiger partial charge in [-0.2, -0.15) is 5.10 Å². The fourth-order valence-electron chi connectivity index (χ4n) is 4.62. The Morgan fingerprint density at radius 2 is 1.82 bits per heavy atom. The number of hydrogen-bond acceptors (Lipinski definition) is 5. The van der Waals surface area contributed by atoms with E-state index in [4.69, 9.17) is 15.6 Å². The third kappa shape index (κ3) is 3.95. The molecule has 8 heteroatoms. The fraction of sp³-hybridized carbons (Fsp3) is 0.240. The molecule has 0 radical (unpaired) electrons. The zero-order valence-corrected chi connectivity index (χ0v) is 18.1. The lowest BCUT2D eigenvalue weighted by Crippen LogP contribution is -2.52. The highest BCUT2D eigenvalue weighted by Crippen LogP contribution is 2.36. The molecule has 0 spiro atoms. The molecule has 168 valence electrons. The molecule has 2 aliphatic rings. The summed E-state index contributed by atoms with van der Waals surface area (Å²) in [5.74, 6) is 1.68. The summed E-state index contributed by atoms with van der Waals surface area (Å²) < 4.78 is 7.66. The van der Waals surface area contributed by atoms with Gasteiger partial charge in [0.1, 0.15) is 28.6 Å². The van der Waals surface area contributed by atoms with Crippen LogP contribution in [-0.4, -0.2) is 45.6 Å². The standard InChI is InChI=1S/C25H25N5O3/c1-2-21(31)29-13-12-20-17(14-29)15-30-25(27-20)22(24(26)32)23(28-30)16-8-10-19(11-9-16)33-18-6-4-3-5-7-18/h2-11,17,20,27H,1,12-15H2,(H2,26,32)/t17-,20?/m0/s1. The summed E-state index contributed by atoms with van der Waals surface area (Å²) in [7, 11) is 0. The molecule has 3 aromatic rings. The second-order valence-electron chi connectivity index (χ2n) is 8.35. The van der Waals surface area contributed by atoms with Gasteiger partial charge in [0.25, 0.3) is 5.91 Å². The number of ether oxygens (including phenoxy) is 1. The Bertz CT molecular complexity index is 1200. The molecule has 3 heterocycles. The van der Waals surface area contributed by atoms with Crippen LogP contribution < -0.4 is 15.8 Å². The number of benzene rings is 2. The molecule has 8 nitrogen and oxygen atoms in total. The number of primary amides is 1. The average Bonchev–Trinajstić information content (AvgIpc) is 3.21. The Morgan fingerprint density at radius 3 is 2.52 bits per heavy atom. The molecule has 1 unspecified atom stereocenters. The van der Waals surface area contributed by atoms with Crippen molar-refractivity contribution < 1.29 is 14.3 Å². The molecule has 1 saturated heterocycles. The molecule has 0 bridgehead atoms. The summed E-state index contributed by atoms with van der Waals surface area (Å²) in [4.78, 5) is 26.3. The van der Waals surface area contributed by atoms with Gasteiger partial charge in [-0.25, -0.2) is 4.68 Å². The van der Waals surface area contributed by atoms with Crippen molar-refractivity contribution in [2.75, 3.05) is 18.4 Å². The van der Waals surface area contributed by atoms with Gasteiger partial charge < -0.3 is 20.7 Å². The van der Waals surface area contributed by atoms with Crippen LogP contribution in [-0.2, 0) is 11.3 Å². The topological polar surface area (TPSA) is 102 Å². The Labute approximate surface area is 191 Å². The van der Waals surface area contributed by atoms with E-state index in [-0.39, 0.29) is 17.9 Å². The van der Waals surface area contributed by atoms with E-state index in [1.165, 1.54) is 6.08 Å². The SMILES string of the molecule is C=CC(=O)N1CCC2Nc3c(C(N)=O)c(-c4ccc(Oc5ccccc5)cc4)nn3C[C@@H]2C1. The van der Waals surface area contributed by atoms with Crippen molar-refractivity contribution in [1.82, 2.24) is 14.7 Å². The molecule has 3 N–H and O–H groups in total. The Balaban J connectivity index is 1.42. The Kier molecular flexibility index (Phi) is 5.34. The minimum absolute atomic E-state index is 0.0592. The molecule has 2 atom stereocenters. The fourth-order valence-corrected chi connectivity index (χ4v) is 4.62. The van der Waals surface area contributed by atoms with Crippen LogP contribution in [0.15, 0.2) is 67.3 Å². The molecule has 2 amide bonds. The summed E-state index contributed by atoms with van der Waals surface area (Å²) in [6.07, 6.45) is 2.14. The largest absolute Gasteiger partial charge is 0.457 e. The lowest BCUT2D eigenvalue weighted by Gasteiger charge is -2.41. The van der Waals surface area contributed by atoms with Crippen molar-refractivity contribution >= 4 is 17.6 Å². The minimum atomic E-state index is -0.527. The van der Waals surface area contributed by atoms with Gasteiger partial charge in [0.2, 0.25) is 5.91 Å². The maximum Gasteiger partial charge on any atom is 0.254 e. The summed E-state index contributed by atoms with van der Waals surface area (Å²) >= 11 is 0. The van der Waals surface area contributed by atoms with Gasteiger partial charge >= 0.3 is 0 Å². The van der Waals surface area contributed by atoms with Gasteiger partial charge in [0, 0.05) is 37.2 Å². The summed E-state index contributed by atoms with van der Waals surface area (Å²) in [6, 6.07) is 17.1. The van der Waals surface area contributed by atoms with Crippen molar-refractivity contribution in [1.29, 1.82) is 0 Å². The third-order valence-corrected chi connectivity index (χ3v) is 6.26. The highest BCUT2D eigenvalue weighted by Gasteiger charge is 2.37. The first-order valence-corrected chi connectivity index (χ1v) is 11.0. The lowest BCUT2D eigenvalue weighted by molar-refractivity contribution is -0.128. The molecule has 1 aromatic heterocycles. The van der Waals surface area contributed by atoms with Gasteiger partial charge in [-0.05, 0) is 48.9 Å². The van der Waals surface area contributed by atoms with E-state index in [0.29, 0.717) is 42.5 Å². The van der Waals surface area contributed by atoms with Crippen LogP contribution in [0.3, 0.4) is 0 Å². The Hall–Kier alpha value is -4.07. The van der Waals surface area contributed by atoms with E-state index in [2.05, 4.69) is 11.9 Å². The number of para-hydroxylation sites is 1. The van der Waals surface area contributed by atoms with Crippen LogP contribution in [0.5, 0.6) is 11.5 Å². The molecule has 2 aliphatic heterocycles. The van der Waals surface area contributed by atoms with Crippen LogP contribution in [0, 0.1) is 5.92 Å².